The Morgan fingerprint density at radius 3 is 2.94 bits per heavy atom. The van der Waals surface area contributed by atoms with E-state index in [4.69, 9.17) is 0 Å². The van der Waals surface area contributed by atoms with Crippen molar-refractivity contribution in [3.8, 4) is 0 Å². The van der Waals surface area contributed by atoms with Crippen molar-refractivity contribution in [1.29, 1.82) is 0 Å². The lowest BCUT2D eigenvalue weighted by atomic mass is 9.92. The zero-order chi connectivity index (χ0) is 11.8. The fourth-order valence-corrected chi connectivity index (χ4v) is 3.82. The van der Waals surface area contributed by atoms with Gasteiger partial charge in [0.25, 0.3) is 0 Å². The molecule has 0 aliphatic heterocycles. The monoisotopic (exact) mass is 247 g/mol. The van der Waals surface area contributed by atoms with E-state index >= 15 is 0 Å². The van der Waals surface area contributed by atoms with Gasteiger partial charge in [-0.2, -0.15) is 0 Å². The molecule has 3 rings (SSSR count). The van der Waals surface area contributed by atoms with Crippen LogP contribution in [0.25, 0.3) is 0 Å². The van der Waals surface area contributed by atoms with Gasteiger partial charge in [0.1, 0.15) is 0 Å². The number of hydrogen-bond donors (Lipinski definition) is 0. The Kier molecular flexibility index (Phi) is 2.79. The van der Waals surface area contributed by atoms with Gasteiger partial charge in [-0.3, -0.25) is 4.79 Å². The van der Waals surface area contributed by atoms with Crippen molar-refractivity contribution in [2.45, 2.75) is 19.4 Å². The molecule has 0 aromatic carbocycles. The average molecular weight is 247 g/mol. The summed E-state index contributed by atoms with van der Waals surface area (Å²) in [5.74, 6) is 1.76. The molecule has 0 saturated heterocycles. The van der Waals surface area contributed by atoms with Crippen molar-refractivity contribution < 1.29 is 4.79 Å². The number of carbonyl (C=O) groups is 1. The lowest BCUT2D eigenvalue weighted by Gasteiger charge is -2.24. The Labute approximate surface area is 106 Å². The van der Waals surface area contributed by atoms with E-state index in [0.717, 1.165) is 13.0 Å². The molecule has 1 aromatic rings. The van der Waals surface area contributed by atoms with Crippen LogP contribution in [-0.4, -0.2) is 17.9 Å². The quantitative estimate of drug-likeness (QED) is 0.752. The number of rotatable bonds is 3. The zero-order valence-electron chi connectivity index (χ0n) is 10.0. The molecule has 0 spiro atoms. The Hall–Kier alpha value is -1.09. The largest absolute Gasteiger partial charge is 0.340 e. The predicted octanol–water partition coefficient (Wildman–Crippen LogP) is 2.92. The van der Waals surface area contributed by atoms with Gasteiger partial charge in [0.15, 0.2) is 0 Å². The molecule has 2 unspecified atom stereocenters. The van der Waals surface area contributed by atoms with Gasteiger partial charge in [-0.15, -0.1) is 11.3 Å². The molecule has 17 heavy (non-hydrogen) atoms. The molecule has 1 amide bonds. The summed E-state index contributed by atoms with van der Waals surface area (Å²) in [7, 11) is 1.93. The van der Waals surface area contributed by atoms with Crippen molar-refractivity contribution >= 4 is 17.2 Å². The van der Waals surface area contributed by atoms with E-state index in [-0.39, 0.29) is 5.92 Å². The van der Waals surface area contributed by atoms with Gasteiger partial charge in [-0.1, -0.05) is 18.2 Å². The first kappa shape index (κ1) is 11.0. The second-order valence-corrected chi connectivity index (χ2v) is 6.19. The van der Waals surface area contributed by atoms with Crippen LogP contribution in [0.15, 0.2) is 29.7 Å². The van der Waals surface area contributed by atoms with Crippen LogP contribution < -0.4 is 0 Å². The summed E-state index contributed by atoms with van der Waals surface area (Å²) >= 11 is 1.72. The van der Waals surface area contributed by atoms with Crippen LogP contribution in [-0.2, 0) is 11.3 Å². The highest BCUT2D eigenvalue weighted by Gasteiger charge is 2.40. The number of allylic oxidation sites excluding steroid dienone is 2. The Morgan fingerprint density at radius 1 is 1.47 bits per heavy atom. The first-order chi connectivity index (χ1) is 8.24. The fourth-order valence-electron chi connectivity index (χ4n) is 3.06. The predicted molar refractivity (Wildman–Crippen MR) is 69.6 cm³/mol. The molecule has 3 heteroatoms. The fraction of sp³-hybridized carbons (Fsp3) is 0.500. The smallest absolute Gasteiger partial charge is 0.226 e. The van der Waals surface area contributed by atoms with Gasteiger partial charge in [0.2, 0.25) is 5.91 Å². The number of carbonyl (C=O) groups excluding carboxylic acids is 1. The van der Waals surface area contributed by atoms with Crippen LogP contribution in [0.1, 0.15) is 17.7 Å². The summed E-state index contributed by atoms with van der Waals surface area (Å²) in [5, 5.41) is 2.06. The number of amides is 1. The highest BCUT2D eigenvalue weighted by Crippen LogP contribution is 2.44. The third-order valence-corrected chi connectivity index (χ3v) is 4.81. The first-order valence-corrected chi connectivity index (χ1v) is 7.07. The molecule has 2 nitrogen and oxygen atoms in total. The summed E-state index contributed by atoms with van der Waals surface area (Å²) in [6, 6.07) is 4.13. The van der Waals surface area contributed by atoms with E-state index in [0.29, 0.717) is 17.7 Å². The van der Waals surface area contributed by atoms with Gasteiger partial charge < -0.3 is 4.90 Å². The lowest BCUT2D eigenvalue weighted by molar-refractivity contribution is -0.135. The van der Waals surface area contributed by atoms with Gasteiger partial charge in [0.05, 0.1) is 6.54 Å². The van der Waals surface area contributed by atoms with Gasteiger partial charge >= 0.3 is 0 Å². The minimum Gasteiger partial charge on any atom is -0.340 e. The second-order valence-electron chi connectivity index (χ2n) is 5.16. The number of fused-ring (bicyclic) bond motifs is 2. The van der Waals surface area contributed by atoms with Gasteiger partial charge in [-0.05, 0) is 36.1 Å². The summed E-state index contributed by atoms with van der Waals surface area (Å²) in [6.07, 6.45) is 6.79. The van der Waals surface area contributed by atoms with Gasteiger partial charge in [-0.25, -0.2) is 0 Å². The molecule has 2 bridgehead atoms. The van der Waals surface area contributed by atoms with Crippen molar-refractivity contribution in [2.24, 2.45) is 17.8 Å². The molecule has 2 aliphatic carbocycles. The van der Waals surface area contributed by atoms with E-state index in [1.165, 1.54) is 11.3 Å². The van der Waals surface area contributed by atoms with E-state index < -0.39 is 0 Å². The molecule has 1 heterocycles. The van der Waals surface area contributed by atoms with Crippen LogP contribution in [0, 0.1) is 17.8 Å². The minimum atomic E-state index is 0.245. The summed E-state index contributed by atoms with van der Waals surface area (Å²) in [6.45, 7) is 0.758. The van der Waals surface area contributed by atoms with E-state index in [2.05, 4.69) is 23.6 Å². The third-order valence-electron chi connectivity index (χ3n) is 3.95. The SMILES string of the molecule is CN(Cc1cccs1)C(=O)[C@H]1CC2C=CC1C2. The molecule has 90 valence electrons. The Balaban J connectivity index is 1.64. The third kappa shape index (κ3) is 2.04. The molecule has 1 aromatic heterocycles. The standard InChI is InChI=1S/C14H17NOS/c1-15(9-12-3-2-6-17-12)14(16)13-8-10-4-5-11(13)7-10/h2-6,10-11,13H,7-9H2,1H3/t10?,11?,13-/m0/s1. The number of thiophene rings is 1. The summed E-state index contributed by atoms with van der Waals surface area (Å²) < 4.78 is 0. The molecule has 0 N–H and O–H groups in total. The molecule has 1 saturated carbocycles. The van der Waals surface area contributed by atoms with Crippen molar-refractivity contribution in [3.05, 3.63) is 34.5 Å². The maximum absolute atomic E-state index is 12.4. The van der Waals surface area contributed by atoms with Crippen LogP contribution in [0.5, 0.6) is 0 Å². The molecular formula is C14H17NOS. The van der Waals surface area contributed by atoms with Crippen molar-refractivity contribution in [1.82, 2.24) is 4.90 Å². The maximum atomic E-state index is 12.4. The number of nitrogens with zero attached hydrogens (tertiary/aromatic N) is 1. The molecule has 1 fully saturated rings. The van der Waals surface area contributed by atoms with Crippen molar-refractivity contribution in [3.63, 3.8) is 0 Å². The van der Waals surface area contributed by atoms with E-state index in [9.17, 15) is 4.79 Å². The molecule has 2 aliphatic rings. The van der Waals surface area contributed by atoms with Crippen LogP contribution in [0.2, 0.25) is 0 Å². The highest BCUT2D eigenvalue weighted by molar-refractivity contribution is 7.09. The second kappa shape index (κ2) is 4.30. The maximum Gasteiger partial charge on any atom is 0.226 e. The van der Waals surface area contributed by atoms with Gasteiger partial charge in [0, 0.05) is 17.8 Å². The topological polar surface area (TPSA) is 20.3 Å². The Morgan fingerprint density at radius 2 is 2.35 bits per heavy atom. The van der Waals surface area contributed by atoms with Crippen LogP contribution in [0.4, 0.5) is 0 Å². The van der Waals surface area contributed by atoms with E-state index in [1.807, 2.05) is 18.0 Å². The molecular weight excluding hydrogens is 230 g/mol. The van der Waals surface area contributed by atoms with Crippen LogP contribution in [0.3, 0.4) is 0 Å². The number of hydrogen-bond acceptors (Lipinski definition) is 2. The first-order valence-electron chi connectivity index (χ1n) is 6.19. The van der Waals surface area contributed by atoms with E-state index in [1.54, 1.807) is 11.3 Å². The summed E-state index contributed by atoms with van der Waals surface area (Å²) in [5.41, 5.74) is 0. The normalized spacial score (nSPS) is 29.8. The summed E-state index contributed by atoms with van der Waals surface area (Å²) in [4.78, 5) is 15.5. The zero-order valence-corrected chi connectivity index (χ0v) is 10.8. The van der Waals surface area contributed by atoms with Crippen molar-refractivity contribution in [2.75, 3.05) is 7.05 Å². The minimum absolute atomic E-state index is 0.245. The lowest BCUT2D eigenvalue weighted by Crippen LogP contribution is -2.34. The average Bonchev–Trinajstić information content (AvgIpc) is 3.04. The molecule has 3 atom stereocenters. The molecule has 0 radical (unpaired) electrons. The highest BCUT2D eigenvalue weighted by atomic mass is 32.1. The Bertz CT molecular complexity index is 437. The van der Waals surface area contributed by atoms with Crippen LogP contribution >= 0.6 is 11.3 Å².